The van der Waals surface area contributed by atoms with Gasteiger partial charge in [0.25, 0.3) is 0 Å². The van der Waals surface area contributed by atoms with Crippen LogP contribution in [0.1, 0.15) is 19.8 Å². The van der Waals surface area contributed by atoms with Crippen molar-refractivity contribution in [3.63, 3.8) is 0 Å². The second-order valence-electron chi connectivity index (χ2n) is 2.25. The smallest absolute Gasteiger partial charge is 0.417 e. The molecule has 0 radical (unpaired) electrons. The molecule has 0 rings (SSSR count). The van der Waals surface area contributed by atoms with Crippen LogP contribution >= 0.6 is 0 Å². The lowest BCUT2D eigenvalue weighted by molar-refractivity contribution is -0.163. The van der Waals surface area contributed by atoms with Crippen molar-refractivity contribution in [2.75, 3.05) is 6.61 Å². The number of unbranched alkanes of at least 4 members (excludes halogenated alkanes) is 1. The van der Waals surface area contributed by atoms with Crippen LogP contribution in [0.3, 0.4) is 0 Å². The SMILES string of the molecule is CCCCOC(=O)C(=O)O.N=C(N)N. The zero-order chi connectivity index (χ0) is 11.6. The third-order valence-electron chi connectivity index (χ3n) is 0.906. The number of ether oxygens (including phenoxy) is 1. The summed E-state index contributed by atoms with van der Waals surface area (Å²) in [5.41, 5.74) is 8.94. The Morgan fingerprint density at radius 1 is 1.43 bits per heavy atom. The molecule has 0 aliphatic rings. The second kappa shape index (κ2) is 9.30. The molecule has 0 spiro atoms. The minimum atomic E-state index is -1.53. The van der Waals surface area contributed by atoms with Crippen LogP contribution in [0, 0.1) is 5.41 Å². The van der Waals surface area contributed by atoms with Gasteiger partial charge >= 0.3 is 11.9 Å². The van der Waals surface area contributed by atoms with Gasteiger partial charge in [-0.3, -0.25) is 5.41 Å². The van der Waals surface area contributed by atoms with E-state index < -0.39 is 11.9 Å². The molecule has 14 heavy (non-hydrogen) atoms. The Labute approximate surface area is 81.5 Å². The summed E-state index contributed by atoms with van der Waals surface area (Å²) < 4.78 is 4.31. The Hall–Kier alpha value is -1.79. The number of hydrogen-bond donors (Lipinski definition) is 4. The van der Waals surface area contributed by atoms with Crippen LogP contribution in [-0.4, -0.2) is 29.6 Å². The number of rotatable bonds is 3. The van der Waals surface area contributed by atoms with Gasteiger partial charge in [0.15, 0.2) is 5.96 Å². The van der Waals surface area contributed by atoms with Gasteiger partial charge < -0.3 is 21.3 Å². The van der Waals surface area contributed by atoms with Gasteiger partial charge in [0.1, 0.15) is 0 Å². The highest BCUT2D eigenvalue weighted by Crippen LogP contribution is 1.87. The van der Waals surface area contributed by atoms with Crippen LogP contribution in [0.15, 0.2) is 0 Å². The number of carboxylic acid groups (broad SMARTS) is 1. The number of aliphatic carboxylic acids is 1. The minimum absolute atomic E-state index is 0.196. The lowest BCUT2D eigenvalue weighted by Gasteiger charge is -1.97. The topological polar surface area (TPSA) is 139 Å². The van der Waals surface area contributed by atoms with E-state index in [1.165, 1.54) is 0 Å². The maximum absolute atomic E-state index is 10.2. The normalized spacial score (nSPS) is 8.07. The highest BCUT2D eigenvalue weighted by Gasteiger charge is 2.11. The molecule has 0 bridgehead atoms. The monoisotopic (exact) mass is 205 g/mol. The number of carbonyl (C=O) groups excluding carboxylic acids is 1. The fourth-order valence-electron chi connectivity index (χ4n) is 0.371. The van der Waals surface area contributed by atoms with Gasteiger partial charge in [-0.2, -0.15) is 0 Å². The summed E-state index contributed by atoms with van der Waals surface area (Å²) in [4.78, 5) is 20.0. The van der Waals surface area contributed by atoms with Crippen molar-refractivity contribution < 1.29 is 19.4 Å². The average molecular weight is 205 g/mol. The largest absolute Gasteiger partial charge is 0.473 e. The molecular weight excluding hydrogens is 190 g/mol. The molecule has 0 amide bonds. The molecule has 0 aromatic carbocycles. The summed E-state index contributed by atoms with van der Waals surface area (Å²) in [6, 6.07) is 0. The molecule has 0 aliphatic carbocycles. The summed E-state index contributed by atoms with van der Waals surface area (Å²) in [6.45, 7) is 2.12. The van der Waals surface area contributed by atoms with E-state index >= 15 is 0 Å². The van der Waals surface area contributed by atoms with Gasteiger partial charge in [-0.15, -0.1) is 0 Å². The van der Waals surface area contributed by atoms with Crippen LogP contribution in [0.2, 0.25) is 0 Å². The van der Waals surface area contributed by atoms with E-state index in [9.17, 15) is 9.59 Å². The van der Waals surface area contributed by atoms with E-state index in [0.717, 1.165) is 6.42 Å². The molecule has 0 aromatic rings. The van der Waals surface area contributed by atoms with E-state index in [4.69, 9.17) is 10.5 Å². The Morgan fingerprint density at radius 2 is 1.86 bits per heavy atom. The predicted molar refractivity (Wildman–Crippen MR) is 49.6 cm³/mol. The van der Waals surface area contributed by atoms with Crippen molar-refractivity contribution in [1.29, 1.82) is 5.41 Å². The maximum atomic E-state index is 10.2. The Balaban J connectivity index is 0. The van der Waals surface area contributed by atoms with Crippen molar-refractivity contribution in [3.8, 4) is 0 Å². The number of esters is 1. The number of hydrogen-bond acceptors (Lipinski definition) is 4. The average Bonchev–Trinajstić information content (AvgIpc) is 2.03. The lowest BCUT2D eigenvalue weighted by Crippen LogP contribution is -2.20. The number of nitrogens with one attached hydrogen (secondary N) is 1. The Kier molecular flexibility index (Phi) is 9.78. The minimum Gasteiger partial charge on any atom is -0.473 e. The lowest BCUT2D eigenvalue weighted by atomic mass is 10.4. The number of carbonyl (C=O) groups is 2. The van der Waals surface area contributed by atoms with E-state index in [1.807, 2.05) is 6.92 Å². The van der Waals surface area contributed by atoms with Crippen LogP contribution in [0.25, 0.3) is 0 Å². The van der Waals surface area contributed by atoms with Crippen molar-refractivity contribution in [3.05, 3.63) is 0 Å². The van der Waals surface area contributed by atoms with Crippen molar-refractivity contribution in [2.24, 2.45) is 11.5 Å². The number of guanidine groups is 1. The first kappa shape index (κ1) is 14.7. The molecule has 0 atom stereocenters. The van der Waals surface area contributed by atoms with Gasteiger partial charge in [-0.1, -0.05) is 13.3 Å². The van der Waals surface area contributed by atoms with Crippen LogP contribution < -0.4 is 11.5 Å². The third-order valence-corrected chi connectivity index (χ3v) is 0.906. The molecule has 0 heterocycles. The molecule has 0 saturated carbocycles. The van der Waals surface area contributed by atoms with Crippen LogP contribution in [-0.2, 0) is 14.3 Å². The first-order chi connectivity index (χ1) is 6.41. The van der Waals surface area contributed by atoms with E-state index in [0.29, 0.717) is 6.42 Å². The fraction of sp³-hybridized carbons (Fsp3) is 0.571. The highest BCUT2D eigenvalue weighted by atomic mass is 16.6. The predicted octanol–water partition coefficient (Wildman–Crippen LogP) is -0.747. The molecule has 82 valence electrons. The van der Waals surface area contributed by atoms with E-state index in [1.54, 1.807) is 0 Å². The maximum Gasteiger partial charge on any atom is 0.417 e. The third kappa shape index (κ3) is 16.7. The van der Waals surface area contributed by atoms with Crippen LogP contribution in [0.4, 0.5) is 0 Å². The summed E-state index contributed by atoms with van der Waals surface area (Å²) in [7, 11) is 0. The first-order valence-corrected chi connectivity index (χ1v) is 3.91. The molecule has 0 fully saturated rings. The first-order valence-electron chi connectivity index (χ1n) is 3.91. The quantitative estimate of drug-likeness (QED) is 0.157. The Morgan fingerprint density at radius 3 is 2.14 bits per heavy atom. The zero-order valence-corrected chi connectivity index (χ0v) is 7.95. The summed E-state index contributed by atoms with van der Waals surface area (Å²) in [5, 5.41) is 14.1. The standard InChI is InChI=1S/C6H10O4.CH5N3/c1-2-3-4-10-6(9)5(7)8;2-1(3)4/h2-4H2,1H3,(H,7,8);(H5,2,3,4). The van der Waals surface area contributed by atoms with Gasteiger partial charge in [0.05, 0.1) is 6.61 Å². The fourth-order valence-corrected chi connectivity index (χ4v) is 0.371. The molecular formula is C7H15N3O4. The molecule has 6 N–H and O–H groups in total. The van der Waals surface area contributed by atoms with Gasteiger partial charge in [-0.05, 0) is 6.42 Å². The Bertz CT molecular complexity index is 201. The van der Waals surface area contributed by atoms with E-state index in [2.05, 4.69) is 16.2 Å². The summed E-state index contributed by atoms with van der Waals surface area (Å²) in [5.74, 6) is -3.04. The van der Waals surface area contributed by atoms with Crippen molar-refractivity contribution in [1.82, 2.24) is 0 Å². The molecule has 0 unspecified atom stereocenters. The van der Waals surface area contributed by atoms with Gasteiger partial charge in [-0.25, -0.2) is 9.59 Å². The molecule has 0 aliphatic heterocycles. The summed E-state index contributed by atoms with van der Waals surface area (Å²) >= 11 is 0. The number of nitrogens with two attached hydrogens (primary N) is 2. The summed E-state index contributed by atoms with van der Waals surface area (Å²) in [6.07, 6.45) is 1.59. The van der Waals surface area contributed by atoms with E-state index in [-0.39, 0.29) is 12.6 Å². The van der Waals surface area contributed by atoms with Gasteiger partial charge in [0, 0.05) is 0 Å². The van der Waals surface area contributed by atoms with Crippen molar-refractivity contribution >= 4 is 17.9 Å². The second-order valence-corrected chi connectivity index (χ2v) is 2.25. The molecule has 0 saturated heterocycles. The number of carboxylic acids is 1. The van der Waals surface area contributed by atoms with Gasteiger partial charge in [0.2, 0.25) is 0 Å². The highest BCUT2D eigenvalue weighted by molar-refractivity contribution is 6.28. The zero-order valence-electron chi connectivity index (χ0n) is 7.95. The van der Waals surface area contributed by atoms with Crippen LogP contribution in [0.5, 0.6) is 0 Å². The molecule has 7 nitrogen and oxygen atoms in total. The molecule has 7 heteroatoms. The molecule has 0 aromatic heterocycles. The van der Waals surface area contributed by atoms with Crippen molar-refractivity contribution in [2.45, 2.75) is 19.8 Å².